The quantitative estimate of drug-likeness (QED) is 0.732. The lowest BCUT2D eigenvalue weighted by Crippen LogP contribution is -2.45. The molecular weight excluding hydrogens is 376 g/mol. The molecule has 0 aliphatic carbocycles. The Bertz CT molecular complexity index is 970. The maximum Gasteiger partial charge on any atom is 0.228 e. The lowest BCUT2D eigenvalue weighted by molar-refractivity contribution is -0.131. The highest BCUT2D eigenvalue weighted by Crippen LogP contribution is 2.33. The van der Waals surface area contributed by atoms with Crippen LogP contribution in [0.3, 0.4) is 0 Å². The van der Waals surface area contributed by atoms with E-state index in [1.165, 1.54) is 0 Å². The normalized spacial score (nSPS) is 19.0. The second kappa shape index (κ2) is 7.35. The van der Waals surface area contributed by atoms with Crippen LogP contribution < -0.4 is 14.8 Å². The third kappa shape index (κ3) is 3.52. The van der Waals surface area contributed by atoms with E-state index in [0.29, 0.717) is 26.2 Å². The summed E-state index contributed by atoms with van der Waals surface area (Å²) in [6.07, 6.45) is 6.30. The lowest BCUT2D eigenvalue weighted by atomic mass is 10.0. The first-order chi connectivity index (χ1) is 13.7. The molecule has 146 valence electrons. The number of benzene rings is 1. The number of carbonyl (C=O) groups excluding carboxylic acids is 1. The van der Waals surface area contributed by atoms with Gasteiger partial charge in [-0.05, 0) is 25.0 Å². The molecule has 1 N–H and O–H groups in total. The zero-order chi connectivity index (χ0) is 18.9. The van der Waals surface area contributed by atoms with Crippen LogP contribution in [0.4, 0.5) is 5.69 Å². The second-order valence-corrected chi connectivity index (χ2v) is 8.06. The minimum atomic E-state index is 0.138. The molecule has 28 heavy (non-hydrogen) atoms. The van der Waals surface area contributed by atoms with Crippen molar-refractivity contribution in [1.29, 1.82) is 0 Å². The first kappa shape index (κ1) is 17.4. The van der Waals surface area contributed by atoms with E-state index >= 15 is 0 Å². The summed E-state index contributed by atoms with van der Waals surface area (Å²) in [6.45, 7) is 2.68. The van der Waals surface area contributed by atoms with Crippen LogP contribution in [0.5, 0.6) is 11.5 Å². The van der Waals surface area contributed by atoms with E-state index in [0.717, 1.165) is 47.2 Å². The third-order valence-corrected chi connectivity index (χ3v) is 5.93. The summed E-state index contributed by atoms with van der Waals surface area (Å²) in [7, 11) is 0. The second-order valence-electron chi connectivity index (χ2n) is 7.18. The fourth-order valence-corrected chi connectivity index (χ4v) is 4.54. The van der Waals surface area contributed by atoms with E-state index in [1.807, 2.05) is 45.3 Å². The van der Waals surface area contributed by atoms with Crippen LogP contribution in [0.15, 0.2) is 36.0 Å². The number of nitrogens with one attached hydrogen (secondary N) is 1. The molecule has 0 unspecified atom stereocenters. The number of imidazole rings is 1. The topological polar surface area (TPSA) is 68.1 Å². The minimum Gasteiger partial charge on any atom is -0.486 e. The molecule has 5 rings (SSSR count). The Kier molecular flexibility index (Phi) is 4.56. The van der Waals surface area contributed by atoms with Gasteiger partial charge in [0.2, 0.25) is 5.91 Å². The standard InChI is InChI=1S/C20H22N4O3S/c25-19(11-16-13-24-6-9-28-20(24)22-16)23-5-1-2-15(12-23)21-14-3-4-17-18(10-14)27-8-7-26-17/h3-4,6,9-10,13,15,21H,1-2,5,7-8,11-12H2/t15-/m1/s1. The number of amides is 1. The van der Waals surface area contributed by atoms with Gasteiger partial charge < -0.3 is 19.7 Å². The lowest BCUT2D eigenvalue weighted by Gasteiger charge is -2.34. The van der Waals surface area contributed by atoms with Gasteiger partial charge in [0.05, 0.1) is 12.1 Å². The number of likely N-dealkylation sites (tertiary alicyclic amines) is 1. The van der Waals surface area contributed by atoms with Crippen molar-refractivity contribution in [3.05, 3.63) is 41.7 Å². The molecule has 1 aromatic carbocycles. The molecular formula is C20H22N4O3S. The zero-order valence-corrected chi connectivity index (χ0v) is 16.3. The first-order valence-electron chi connectivity index (χ1n) is 9.60. The average Bonchev–Trinajstić information content (AvgIpc) is 3.30. The fourth-order valence-electron chi connectivity index (χ4n) is 3.82. The summed E-state index contributed by atoms with van der Waals surface area (Å²) in [5.41, 5.74) is 1.83. The minimum absolute atomic E-state index is 0.138. The maximum atomic E-state index is 12.8. The zero-order valence-electron chi connectivity index (χ0n) is 15.5. The molecule has 1 saturated heterocycles. The van der Waals surface area contributed by atoms with Gasteiger partial charge in [-0.2, -0.15) is 0 Å². The van der Waals surface area contributed by atoms with Gasteiger partial charge in [-0.1, -0.05) is 0 Å². The molecule has 1 fully saturated rings. The van der Waals surface area contributed by atoms with Crippen LogP contribution in [0.2, 0.25) is 0 Å². The Balaban J connectivity index is 1.22. The summed E-state index contributed by atoms with van der Waals surface area (Å²) >= 11 is 1.58. The highest BCUT2D eigenvalue weighted by Gasteiger charge is 2.24. The van der Waals surface area contributed by atoms with Crippen molar-refractivity contribution in [2.45, 2.75) is 25.3 Å². The van der Waals surface area contributed by atoms with Crippen LogP contribution in [0, 0.1) is 0 Å². The molecule has 4 heterocycles. The predicted molar refractivity (Wildman–Crippen MR) is 107 cm³/mol. The number of ether oxygens (including phenoxy) is 2. The highest BCUT2D eigenvalue weighted by molar-refractivity contribution is 7.15. The van der Waals surface area contributed by atoms with Crippen molar-refractivity contribution in [2.24, 2.45) is 0 Å². The van der Waals surface area contributed by atoms with Crippen LogP contribution in [0.25, 0.3) is 4.96 Å². The van der Waals surface area contributed by atoms with Gasteiger partial charge in [0.15, 0.2) is 16.5 Å². The van der Waals surface area contributed by atoms with Crippen LogP contribution >= 0.6 is 11.3 Å². The summed E-state index contributed by atoms with van der Waals surface area (Å²) in [6, 6.07) is 6.15. The number of rotatable bonds is 4. The van der Waals surface area contributed by atoms with Crippen LogP contribution in [-0.2, 0) is 11.2 Å². The Labute approximate surface area is 166 Å². The molecule has 0 bridgehead atoms. The number of anilines is 1. The molecule has 3 aromatic rings. The highest BCUT2D eigenvalue weighted by atomic mass is 32.1. The Morgan fingerprint density at radius 3 is 3.07 bits per heavy atom. The first-order valence-corrected chi connectivity index (χ1v) is 10.5. The van der Waals surface area contributed by atoms with Gasteiger partial charge in [0.25, 0.3) is 0 Å². The molecule has 2 aromatic heterocycles. The average molecular weight is 398 g/mol. The van der Waals surface area contributed by atoms with E-state index in [4.69, 9.17) is 9.47 Å². The Morgan fingerprint density at radius 2 is 2.18 bits per heavy atom. The molecule has 7 nitrogen and oxygen atoms in total. The van der Waals surface area contributed by atoms with Crippen molar-refractivity contribution in [2.75, 3.05) is 31.6 Å². The van der Waals surface area contributed by atoms with Gasteiger partial charge in [-0.15, -0.1) is 11.3 Å². The smallest absolute Gasteiger partial charge is 0.228 e. The molecule has 2 aliphatic heterocycles. The number of piperidine rings is 1. The van der Waals surface area contributed by atoms with E-state index in [-0.39, 0.29) is 11.9 Å². The summed E-state index contributed by atoms with van der Waals surface area (Å²) in [4.78, 5) is 20.2. The number of nitrogens with zero attached hydrogens (tertiary/aromatic N) is 3. The van der Waals surface area contributed by atoms with Crippen LogP contribution in [-0.4, -0.2) is 52.5 Å². The van der Waals surface area contributed by atoms with Crippen molar-refractivity contribution < 1.29 is 14.3 Å². The van der Waals surface area contributed by atoms with Crippen molar-refractivity contribution in [1.82, 2.24) is 14.3 Å². The number of hydrogen-bond donors (Lipinski definition) is 1. The molecule has 1 atom stereocenters. The molecule has 0 spiro atoms. The van der Waals surface area contributed by atoms with E-state index < -0.39 is 0 Å². The van der Waals surface area contributed by atoms with Crippen molar-refractivity contribution in [3.63, 3.8) is 0 Å². The van der Waals surface area contributed by atoms with Crippen LogP contribution in [0.1, 0.15) is 18.5 Å². The largest absolute Gasteiger partial charge is 0.486 e. The number of aromatic nitrogens is 2. The predicted octanol–water partition coefficient (Wildman–Crippen LogP) is 2.81. The maximum absolute atomic E-state index is 12.8. The van der Waals surface area contributed by atoms with E-state index in [9.17, 15) is 4.79 Å². The molecule has 8 heteroatoms. The fraction of sp³-hybridized carbons (Fsp3) is 0.400. The summed E-state index contributed by atoms with van der Waals surface area (Å²) in [5.74, 6) is 1.70. The Morgan fingerprint density at radius 1 is 1.29 bits per heavy atom. The van der Waals surface area contributed by atoms with Gasteiger partial charge in [-0.25, -0.2) is 4.98 Å². The van der Waals surface area contributed by atoms with Gasteiger partial charge in [-0.3, -0.25) is 9.20 Å². The number of fused-ring (bicyclic) bond motifs is 2. The van der Waals surface area contributed by atoms with Crippen molar-refractivity contribution >= 4 is 27.9 Å². The van der Waals surface area contributed by atoms with E-state index in [2.05, 4.69) is 10.3 Å². The van der Waals surface area contributed by atoms with Crippen molar-refractivity contribution in [3.8, 4) is 11.5 Å². The van der Waals surface area contributed by atoms with Gasteiger partial charge in [0.1, 0.15) is 13.2 Å². The van der Waals surface area contributed by atoms with Gasteiger partial charge in [0, 0.05) is 48.7 Å². The van der Waals surface area contributed by atoms with E-state index in [1.54, 1.807) is 11.3 Å². The third-order valence-electron chi connectivity index (χ3n) is 5.16. The number of hydrogen-bond acceptors (Lipinski definition) is 6. The number of thiazole rings is 1. The number of carbonyl (C=O) groups is 1. The SMILES string of the molecule is O=C(Cc1cn2ccsc2n1)N1CCC[C@@H](Nc2ccc3c(c2)OCCO3)C1. The molecule has 2 aliphatic rings. The molecule has 0 radical (unpaired) electrons. The molecule has 0 saturated carbocycles. The Hall–Kier alpha value is -2.74. The molecule has 1 amide bonds. The summed E-state index contributed by atoms with van der Waals surface area (Å²) < 4.78 is 13.2. The van der Waals surface area contributed by atoms with Gasteiger partial charge >= 0.3 is 0 Å². The summed E-state index contributed by atoms with van der Waals surface area (Å²) in [5, 5.41) is 5.54. The monoisotopic (exact) mass is 398 g/mol.